The second-order valence-corrected chi connectivity index (χ2v) is 9.80. The van der Waals surface area contributed by atoms with Crippen LogP contribution in [0.5, 0.6) is 0 Å². The lowest BCUT2D eigenvalue weighted by atomic mass is 10.1. The number of nitrogens with one attached hydrogen (secondary N) is 2. The number of allylic oxidation sites excluding steroid dienone is 3. The summed E-state index contributed by atoms with van der Waals surface area (Å²) in [5.41, 5.74) is 5.80. The molecular formula is C34H48FN3O2S. The molecule has 0 amide bonds. The van der Waals surface area contributed by atoms with E-state index < -0.39 is 5.97 Å². The fourth-order valence-corrected chi connectivity index (χ4v) is 4.07. The molecule has 41 heavy (non-hydrogen) atoms. The standard InChI is InChI=1S/C18H29N3S.C8H8O2.C6H5F.C2H6/c1-5-7-12-17(20-22-16(3)11-6-2)15-21(19-4)18-13-9-8-10-14-18;1-6-3-2-4-7(5-6)8(9)10;7-6-4-2-1-3-5-6;1-2/h6,8-11,13-14,17,19-20H,2,5,7,12,15H2,1,3-4H3;2-5H,1H3,(H,9,10);1-5H;1-2H3/b16-11+;;;. The van der Waals surface area contributed by atoms with Crippen LogP contribution in [-0.4, -0.2) is 30.7 Å². The van der Waals surface area contributed by atoms with Gasteiger partial charge in [-0.1, -0.05) is 106 Å². The van der Waals surface area contributed by atoms with Crippen molar-refractivity contribution in [2.24, 2.45) is 0 Å². The number of unbranched alkanes of at least 4 members (excludes halogenated alkanes) is 1. The lowest BCUT2D eigenvalue weighted by Gasteiger charge is -2.29. The van der Waals surface area contributed by atoms with E-state index in [1.807, 2.05) is 52.1 Å². The SMILES string of the molecule is C=C/C=C(\C)SNC(CCCC)CN(NC)c1ccccc1.CC.Cc1cccc(C(=O)O)c1.Fc1ccccc1. The first-order valence-electron chi connectivity index (χ1n) is 14.0. The van der Waals surface area contributed by atoms with Crippen molar-refractivity contribution in [1.29, 1.82) is 0 Å². The third-order valence-corrected chi connectivity index (χ3v) is 6.29. The molecule has 0 bridgehead atoms. The number of halogens is 1. The average Bonchev–Trinajstić information content (AvgIpc) is 2.99. The molecule has 0 aromatic heterocycles. The van der Waals surface area contributed by atoms with Crippen LogP contribution in [0.4, 0.5) is 10.1 Å². The molecule has 3 aromatic rings. The largest absolute Gasteiger partial charge is 0.478 e. The van der Waals surface area contributed by atoms with Crippen molar-refractivity contribution in [3.63, 3.8) is 0 Å². The highest BCUT2D eigenvalue weighted by atomic mass is 32.2. The van der Waals surface area contributed by atoms with E-state index in [2.05, 4.69) is 59.8 Å². The van der Waals surface area contributed by atoms with E-state index in [1.165, 1.54) is 35.6 Å². The number of carboxylic acid groups (broad SMARTS) is 1. The third-order valence-electron chi connectivity index (χ3n) is 5.38. The number of hydrogen-bond acceptors (Lipinski definition) is 5. The zero-order chi connectivity index (χ0) is 30.9. The van der Waals surface area contributed by atoms with Gasteiger partial charge in [-0.25, -0.2) is 14.6 Å². The third kappa shape index (κ3) is 18.6. The summed E-state index contributed by atoms with van der Waals surface area (Å²) in [6.07, 6.45) is 7.47. The minimum atomic E-state index is -0.872. The number of anilines is 1. The number of rotatable bonds is 12. The second-order valence-electron chi connectivity index (χ2n) is 8.71. The van der Waals surface area contributed by atoms with Crippen molar-refractivity contribution < 1.29 is 14.3 Å². The van der Waals surface area contributed by atoms with Crippen LogP contribution in [0.15, 0.2) is 109 Å². The molecule has 0 fully saturated rings. The van der Waals surface area contributed by atoms with Crippen molar-refractivity contribution in [2.75, 3.05) is 18.6 Å². The van der Waals surface area contributed by atoms with Crippen LogP contribution in [0.1, 0.15) is 62.9 Å². The van der Waals surface area contributed by atoms with Gasteiger partial charge < -0.3 is 10.1 Å². The second kappa shape index (κ2) is 24.4. The Hall–Kier alpha value is -3.39. The van der Waals surface area contributed by atoms with Crippen molar-refractivity contribution in [3.8, 4) is 0 Å². The Morgan fingerprint density at radius 2 is 1.66 bits per heavy atom. The number of carboxylic acids is 1. The van der Waals surface area contributed by atoms with Gasteiger partial charge in [-0.05, 0) is 73.5 Å². The molecule has 0 spiro atoms. The maximum Gasteiger partial charge on any atom is 0.335 e. The lowest BCUT2D eigenvalue weighted by Crippen LogP contribution is -2.44. The first kappa shape index (κ1) is 37.6. The fourth-order valence-electron chi connectivity index (χ4n) is 3.36. The molecule has 1 unspecified atom stereocenters. The fraction of sp³-hybridized carbons (Fsp3) is 0.324. The van der Waals surface area contributed by atoms with E-state index in [4.69, 9.17) is 5.11 Å². The van der Waals surface area contributed by atoms with Crippen LogP contribution in [0.3, 0.4) is 0 Å². The van der Waals surface area contributed by atoms with Crippen molar-refractivity contribution in [2.45, 2.75) is 59.9 Å². The Bertz CT molecular complexity index is 1110. The number of aromatic carboxylic acids is 1. The minimum Gasteiger partial charge on any atom is -0.478 e. The van der Waals surface area contributed by atoms with Crippen LogP contribution >= 0.6 is 11.9 Å². The Balaban J connectivity index is 0.000000685. The molecule has 0 saturated carbocycles. The average molecular weight is 582 g/mol. The zero-order valence-electron chi connectivity index (χ0n) is 25.4. The quantitative estimate of drug-likeness (QED) is 0.113. The number of benzene rings is 3. The highest BCUT2D eigenvalue weighted by molar-refractivity contribution is 8.01. The molecule has 0 saturated heterocycles. The van der Waals surface area contributed by atoms with Gasteiger partial charge in [-0.2, -0.15) is 0 Å². The van der Waals surface area contributed by atoms with Gasteiger partial charge >= 0.3 is 5.97 Å². The summed E-state index contributed by atoms with van der Waals surface area (Å²) in [6, 6.07) is 25.6. The van der Waals surface area contributed by atoms with Crippen LogP contribution in [-0.2, 0) is 0 Å². The van der Waals surface area contributed by atoms with E-state index in [0.29, 0.717) is 11.6 Å². The van der Waals surface area contributed by atoms with Gasteiger partial charge in [0.1, 0.15) is 5.82 Å². The monoisotopic (exact) mass is 581 g/mol. The van der Waals surface area contributed by atoms with Gasteiger partial charge in [0.15, 0.2) is 0 Å². The molecule has 0 aliphatic carbocycles. The van der Waals surface area contributed by atoms with Gasteiger partial charge in [0.05, 0.1) is 17.8 Å². The minimum absolute atomic E-state index is 0.178. The van der Waals surface area contributed by atoms with Crippen LogP contribution < -0.4 is 15.2 Å². The normalized spacial score (nSPS) is 10.9. The number of nitrogens with zero attached hydrogens (tertiary/aromatic N) is 1. The van der Waals surface area contributed by atoms with Crippen molar-refractivity contribution in [1.82, 2.24) is 10.1 Å². The Morgan fingerprint density at radius 1 is 1.05 bits per heavy atom. The predicted octanol–water partition coefficient (Wildman–Crippen LogP) is 9.06. The first-order chi connectivity index (χ1) is 19.8. The summed E-state index contributed by atoms with van der Waals surface area (Å²) >= 11 is 1.69. The Morgan fingerprint density at radius 3 is 2.10 bits per heavy atom. The van der Waals surface area contributed by atoms with Crippen molar-refractivity contribution >= 4 is 23.6 Å². The zero-order valence-corrected chi connectivity index (χ0v) is 26.3. The highest BCUT2D eigenvalue weighted by Crippen LogP contribution is 2.17. The summed E-state index contributed by atoms with van der Waals surface area (Å²) in [4.78, 5) is 11.6. The first-order valence-corrected chi connectivity index (χ1v) is 14.8. The van der Waals surface area contributed by atoms with Gasteiger partial charge in [0.2, 0.25) is 0 Å². The Labute approximate surface area is 251 Å². The topological polar surface area (TPSA) is 64.6 Å². The maximum atomic E-state index is 11.9. The summed E-state index contributed by atoms with van der Waals surface area (Å²) in [6.45, 7) is 14.9. The molecule has 3 rings (SSSR count). The molecule has 0 radical (unpaired) electrons. The van der Waals surface area contributed by atoms with Gasteiger partial charge in [-0.3, -0.25) is 4.72 Å². The van der Waals surface area contributed by atoms with Gasteiger partial charge in [0, 0.05) is 13.1 Å². The summed E-state index contributed by atoms with van der Waals surface area (Å²) in [5.74, 6) is -1.05. The Kier molecular flexibility index (Phi) is 22.4. The molecule has 0 heterocycles. The lowest BCUT2D eigenvalue weighted by molar-refractivity contribution is 0.0696. The molecule has 3 aromatic carbocycles. The highest BCUT2D eigenvalue weighted by Gasteiger charge is 2.14. The van der Waals surface area contributed by atoms with Crippen LogP contribution in [0.25, 0.3) is 0 Å². The van der Waals surface area contributed by atoms with Gasteiger partial charge in [-0.15, -0.1) is 0 Å². The molecule has 5 nitrogen and oxygen atoms in total. The molecule has 1 atom stereocenters. The molecular weight excluding hydrogens is 533 g/mol. The number of carbonyl (C=O) groups is 1. The number of aryl methyl sites for hydroxylation is 1. The molecule has 0 aliphatic rings. The summed E-state index contributed by atoms with van der Waals surface area (Å²) < 4.78 is 15.5. The van der Waals surface area contributed by atoms with E-state index in [-0.39, 0.29) is 5.82 Å². The number of para-hydroxylation sites is 1. The van der Waals surface area contributed by atoms with Crippen LogP contribution in [0.2, 0.25) is 0 Å². The molecule has 0 aliphatic heterocycles. The maximum absolute atomic E-state index is 11.9. The number of hydrazine groups is 1. The summed E-state index contributed by atoms with van der Waals surface area (Å²) in [7, 11) is 1.97. The molecule has 3 N–H and O–H groups in total. The van der Waals surface area contributed by atoms with Crippen LogP contribution in [0, 0.1) is 12.7 Å². The van der Waals surface area contributed by atoms with E-state index in [1.54, 1.807) is 48.3 Å². The van der Waals surface area contributed by atoms with Gasteiger partial charge in [0.25, 0.3) is 0 Å². The van der Waals surface area contributed by atoms with E-state index in [0.717, 1.165) is 18.5 Å². The van der Waals surface area contributed by atoms with Crippen molar-refractivity contribution in [3.05, 3.63) is 126 Å². The van der Waals surface area contributed by atoms with E-state index in [9.17, 15) is 9.18 Å². The smallest absolute Gasteiger partial charge is 0.335 e. The molecule has 224 valence electrons. The molecule has 7 heteroatoms. The predicted molar refractivity (Wildman–Crippen MR) is 177 cm³/mol. The van der Waals surface area contributed by atoms with E-state index >= 15 is 0 Å². The summed E-state index contributed by atoms with van der Waals surface area (Å²) in [5, 5.41) is 10.7. The number of hydrogen-bond donors (Lipinski definition) is 3.